The lowest BCUT2D eigenvalue weighted by Crippen LogP contribution is -2.40. The lowest BCUT2D eigenvalue weighted by atomic mass is 10.1. The van der Waals surface area contributed by atoms with Crippen molar-refractivity contribution >= 4 is 40.4 Å². The largest absolute Gasteiger partial charge is 0.346 e. The van der Waals surface area contributed by atoms with Crippen LogP contribution in [-0.4, -0.2) is 37.4 Å². The summed E-state index contributed by atoms with van der Waals surface area (Å²) in [7, 11) is 3.87. The lowest BCUT2D eigenvalue weighted by Gasteiger charge is -2.23. The molecule has 5 nitrogen and oxygen atoms in total. The fraction of sp³-hybridized carbons (Fsp3) is 0.250. The van der Waals surface area contributed by atoms with E-state index in [0.717, 1.165) is 5.56 Å². The number of likely N-dealkylation sites (N-methyl/N-ethyl adjacent to an activating group) is 1. The maximum absolute atomic E-state index is 11.9. The fourth-order valence-electron chi connectivity index (χ4n) is 2.05. The first-order valence-electron chi connectivity index (χ1n) is 7.00. The van der Waals surface area contributed by atoms with E-state index in [9.17, 15) is 9.59 Å². The maximum Gasteiger partial charge on any atom is 0.313 e. The smallest absolute Gasteiger partial charge is 0.313 e. The van der Waals surface area contributed by atoms with E-state index in [1.807, 2.05) is 35.8 Å². The molecule has 0 spiro atoms. The zero-order chi connectivity index (χ0) is 16.8. The number of anilines is 1. The second-order valence-electron chi connectivity index (χ2n) is 5.21. The second kappa shape index (κ2) is 8.10. The van der Waals surface area contributed by atoms with E-state index in [1.165, 1.54) is 0 Å². The minimum Gasteiger partial charge on any atom is -0.346 e. The van der Waals surface area contributed by atoms with Gasteiger partial charge in [-0.1, -0.05) is 11.6 Å². The molecule has 1 aromatic carbocycles. The van der Waals surface area contributed by atoms with Crippen molar-refractivity contribution in [2.75, 3.05) is 26.0 Å². The lowest BCUT2D eigenvalue weighted by molar-refractivity contribution is -0.136. The molecule has 23 heavy (non-hydrogen) atoms. The Morgan fingerprint density at radius 1 is 1.17 bits per heavy atom. The molecule has 0 radical (unpaired) electrons. The van der Waals surface area contributed by atoms with Gasteiger partial charge in [-0.25, -0.2) is 0 Å². The molecule has 1 aromatic heterocycles. The fourth-order valence-corrected chi connectivity index (χ4v) is 2.89. The number of nitrogens with one attached hydrogen (secondary N) is 2. The predicted octanol–water partition coefficient (Wildman–Crippen LogP) is 2.76. The molecule has 0 aliphatic carbocycles. The number of rotatable bonds is 5. The Hall–Kier alpha value is -1.89. The van der Waals surface area contributed by atoms with Crippen LogP contribution in [0.1, 0.15) is 11.6 Å². The zero-order valence-electron chi connectivity index (χ0n) is 12.9. The van der Waals surface area contributed by atoms with Crippen LogP contribution in [0, 0.1) is 0 Å². The molecular weight excluding hydrogens is 334 g/mol. The van der Waals surface area contributed by atoms with Crippen LogP contribution in [0.3, 0.4) is 0 Å². The highest BCUT2D eigenvalue weighted by molar-refractivity contribution is 7.08. The van der Waals surface area contributed by atoms with E-state index >= 15 is 0 Å². The Balaban J connectivity index is 1.90. The van der Waals surface area contributed by atoms with Crippen LogP contribution in [0.4, 0.5) is 5.69 Å². The van der Waals surface area contributed by atoms with Gasteiger partial charge in [-0.05, 0) is 60.8 Å². The van der Waals surface area contributed by atoms with Crippen molar-refractivity contribution in [2.45, 2.75) is 6.04 Å². The Morgan fingerprint density at radius 3 is 2.43 bits per heavy atom. The summed E-state index contributed by atoms with van der Waals surface area (Å²) in [4.78, 5) is 25.8. The first-order valence-corrected chi connectivity index (χ1v) is 8.32. The van der Waals surface area contributed by atoms with Crippen LogP contribution in [0.5, 0.6) is 0 Å². The first-order chi connectivity index (χ1) is 11.0. The monoisotopic (exact) mass is 351 g/mol. The van der Waals surface area contributed by atoms with E-state index < -0.39 is 11.8 Å². The van der Waals surface area contributed by atoms with Gasteiger partial charge in [0.15, 0.2) is 0 Å². The Morgan fingerprint density at radius 2 is 1.87 bits per heavy atom. The maximum atomic E-state index is 11.9. The Kier molecular flexibility index (Phi) is 6.15. The average Bonchev–Trinajstić information content (AvgIpc) is 3.03. The molecule has 1 heterocycles. The third-order valence-corrected chi connectivity index (χ3v) is 4.27. The van der Waals surface area contributed by atoms with E-state index in [0.29, 0.717) is 17.3 Å². The summed E-state index contributed by atoms with van der Waals surface area (Å²) >= 11 is 7.38. The van der Waals surface area contributed by atoms with Crippen molar-refractivity contribution in [3.05, 3.63) is 51.7 Å². The van der Waals surface area contributed by atoms with Gasteiger partial charge in [0.2, 0.25) is 0 Å². The van der Waals surface area contributed by atoms with Crippen LogP contribution in [0.15, 0.2) is 41.1 Å². The molecule has 0 aliphatic rings. The second-order valence-corrected chi connectivity index (χ2v) is 6.42. The van der Waals surface area contributed by atoms with Crippen LogP contribution >= 0.6 is 22.9 Å². The highest BCUT2D eigenvalue weighted by atomic mass is 35.5. The molecule has 0 aliphatic heterocycles. The number of hydrogen-bond donors (Lipinski definition) is 2. The topological polar surface area (TPSA) is 61.4 Å². The molecule has 1 unspecified atom stereocenters. The van der Waals surface area contributed by atoms with Crippen LogP contribution in [-0.2, 0) is 9.59 Å². The van der Waals surface area contributed by atoms with Gasteiger partial charge in [-0.15, -0.1) is 0 Å². The first kappa shape index (κ1) is 17.5. The number of benzene rings is 1. The van der Waals surface area contributed by atoms with Gasteiger partial charge in [-0.2, -0.15) is 11.3 Å². The summed E-state index contributed by atoms with van der Waals surface area (Å²) in [6, 6.07) is 8.60. The van der Waals surface area contributed by atoms with Gasteiger partial charge in [0.05, 0.1) is 6.04 Å². The van der Waals surface area contributed by atoms with Crippen molar-refractivity contribution < 1.29 is 9.59 Å². The normalized spacial score (nSPS) is 12.0. The minimum absolute atomic E-state index is 0.0218. The van der Waals surface area contributed by atoms with Crippen LogP contribution in [0.25, 0.3) is 0 Å². The van der Waals surface area contributed by atoms with E-state index in [-0.39, 0.29) is 6.04 Å². The predicted molar refractivity (Wildman–Crippen MR) is 93.8 cm³/mol. The van der Waals surface area contributed by atoms with Gasteiger partial charge in [0.25, 0.3) is 0 Å². The van der Waals surface area contributed by atoms with Crippen molar-refractivity contribution in [3.63, 3.8) is 0 Å². The molecule has 2 N–H and O–H groups in total. The summed E-state index contributed by atoms with van der Waals surface area (Å²) in [5.41, 5.74) is 1.63. The van der Waals surface area contributed by atoms with Crippen molar-refractivity contribution in [1.82, 2.24) is 10.2 Å². The van der Waals surface area contributed by atoms with Crippen molar-refractivity contribution in [2.24, 2.45) is 0 Å². The number of carbonyl (C=O) groups is 2. The molecule has 2 rings (SSSR count). The summed E-state index contributed by atoms with van der Waals surface area (Å²) in [6.45, 7) is 0.358. The van der Waals surface area contributed by atoms with Gasteiger partial charge in [0, 0.05) is 17.3 Å². The zero-order valence-corrected chi connectivity index (χ0v) is 14.4. The summed E-state index contributed by atoms with van der Waals surface area (Å²) < 4.78 is 0. The molecule has 122 valence electrons. The van der Waals surface area contributed by atoms with Gasteiger partial charge in [0.1, 0.15) is 0 Å². The van der Waals surface area contributed by atoms with Crippen molar-refractivity contribution in [3.8, 4) is 0 Å². The Bertz CT molecular complexity index is 656. The standard InChI is InChI=1S/C16H18ClN3O2S/c1-20(2)14(11-7-8-23-10-11)9-18-15(21)16(22)19-13-5-3-12(17)4-6-13/h3-8,10,14H,9H2,1-2H3,(H,18,21)(H,19,22). The summed E-state index contributed by atoms with van der Waals surface area (Å²) in [5.74, 6) is -1.36. The molecular formula is C16H18ClN3O2S. The van der Waals surface area contributed by atoms with E-state index in [1.54, 1.807) is 35.6 Å². The molecule has 7 heteroatoms. The molecule has 2 aromatic rings. The molecule has 0 bridgehead atoms. The highest BCUT2D eigenvalue weighted by Crippen LogP contribution is 2.20. The van der Waals surface area contributed by atoms with Gasteiger partial charge in [-0.3, -0.25) is 9.59 Å². The highest BCUT2D eigenvalue weighted by Gasteiger charge is 2.19. The molecule has 0 fully saturated rings. The number of halogens is 1. The third-order valence-electron chi connectivity index (χ3n) is 3.32. The van der Waals surface area contributed by atoms with E-state index in [4.69, 9.17) is 11.6 Å². The van der Waals surface area contributed by atoms with Crippen LogP contribution in [0.2, 0.25) is 5.02 Å². The number of hydrogen-bond acceptors (Lipinski definition) is 4. The Labute approximate surface area is 144 Å². The number of amides is 2. The summed E-state index contributed by atoms with van der Waals surface area (Å²) in [6.07, 6.45) is 0. The van der Waals surface area contributed by atoms with E-state index in [2.05, 4.69) is 10.6 Å². The average molecular weight is 352 g/mol. The third kappa shape index (κ3) is 5.06. The molecule has 1 atom stereocenters. The van der Waals surface area contributed by atoms with Gasteiger partial charge >= 0.3 is 11.8 Å². The van der Waals surface area contributed by atoms with Gasteiger partial charge < -0.3 is 15.5 Å². The number of nitrogens with zero attached hydrogens (tertiary/aromatic N) is 1. The van der Waals surface area contributed by atoms with Crippen molar-refractivity contribution in [1.29, 1.82) is 0 Å². The number of thiophene rings is 1. The SMILES string of the molecule is CN(C)C(CNC(=O)C(=O)Nc1ccc(Cl)cc1)c1ccsc1. The summed E-state index contributed by atoms with van der Waals surface area (Å²) in [5, 5.41) is 9.79. The number of carbonyl (C=O) groups excluding carboxylic acids is 2. The molecule has 0 saturated carbocycles. The molecule has 2 amide bonds. The minimum atomic E-state index is -0.699. The van der Waals surface area contributed by atoms with Crippen LogP contribution < -0.4 is 10.6 Å². The molecule has 0 saturated heterocycles. The quantitative estimate of drug-likeness (QED) is 0.814.